The molecule has 8 heteroatoms. The first-order valence-electron chi connectivity index (χ1n) is 9.28. The highest BCUT2D eigenvalue weighted by Crippen LogP contribution is 2.26. The van der Waals surface area contributed by atoms with E-state index >= 15 is 0 Å². The number of β-lactam (4-membered cyclic amide) rings is 1. The van der Waals surface area contributed by atoms with Gasteiger partial charge >= 0.3 is 6.03 Å². The maximum Gasteiger partial charge on any atom is 0.325 e. The van der Waals surface area contributed by atoms with E-state index in [4.69, 9.17) is 0 Å². The summed E-state index contributed by atoms with van der Waals surface area (Å²) in [5.41, 5.74) is 1.80. The molecule has 1 aliphatic rings. The second-order valence-corrected chi connectivity index (χ2v) is 6.98. The van der Waals surface area contributed by atoms with Crippen molar-refractivity contribution in [3.8, 4) is 0 Å². The smallest absolute Gasteiger partial charge is 0.325 e. The number of hydrogen-bond donors (Lipinski definition) is 1. The molecule has 1 fully saturated rings. The molecule has 2 aromatic rings. The monoisotopic (exact) mass is 383 g/mol. The fraction of sp³-hybridized carbons (Fsp3) is 0.400. The number of nitrogens with zero attached hydrogens (tertiary/aromatic N) is 4. The van der Waals surface area contributed by atoms with Crippen LogP contribution in [0.4, 0.5) is 10.6 Å². The summed E-state index contributed by atoms with van der Waals surface area (Å²) in [7, 11) is 3.37. The van der Waals surface area contributed by atoms with Gasteiger partial charge in [0.2, 0.25) is 5.91 Å². The van der Waals surface area contributed by atoms with Crippen molar-refractivity contribution in [3.63, 3.8) is 0 Å². The Balaban J connectivity index is 1.73. The highest BCUT2D eigenvalue weighted by molar-refractivity contribution is 6.11. The quantitative estimate of drug-likeness (QED) is 0.802. The average molecular weight is 383 g/mol. The van der Waals surface area contributed by atoms with Crippen molar-refractivity contribution in [1.82, 2.24) is 20.0 Å². The van der Waals surface area contributed by atoms with Gasteiger partial charge in [-0.2, -0.15) is 5.10 Å². The van der Waals surface area contributed by atoms with Gasteiger partial charge in [-0.25, -0.2) is 4.79 Å². The van der Waals surface area contributed by atoms with E-state index in [2.05, 4.69) is 10.4 Å². The summed E-state index contributed by atoms with van der Waals surface area (Å²) in [6.45, 7) is 3.81. The van der Waals surface area contributed by atoms with Gasteiger partial charge in [0.1, 0.15) is 11.9 Å². The van der Waals surface area contributed by atoms with Gasteiger partial charge < -0.3 is 5.32 Å². The van der Waals surface area contributed by atoms with E-state index in [9.17, 15) is 14.4 Å². The molecule has 1 aliphatic heterocycles. The van der Waals surface area contributed by atoms with E-state index in [1.54, 1.807) is 25.0 Å². The third-order valence-electron chi connectivity index (χ3n) is 5.09. The van der Waals surface area contributed by atoms with Gasteiger partial charge in [-0.1, -0.05) is 37.3 Å². The third kappa shape index (κ3) is 3.49. The van der Waals surface area contributed by atoms with Crippen LogP contribution in [0.3, 0.4) is 0 Å². The molecule has 28 heavy (non-hydrogen) atoms. The predicted molar refractivity (Wildman–Crippen MR) is 105 cm³/mol. The summed E-state index contributed by atoms with van der Waals surface area (Å²) >= 11 is 0. The van der Waals surface area contributed by atoms with Crippen LogP contribution in [0.15, 0.2) is 36.5 Å². The Kier molecular flexibility index (Phi) is 5.48. The van der Waals surface area contributed by atoms with Crippen LogP contribution < -0.4 is 10.2 Å². The van der Waals surface area contributed by atoms with E-state index in [-0.39, 0.29) is 24.3 Å². The zero-order chi connectivity index (χ0) is 20.4. The van der Waals surface area contributed by atoms with Gasteiger partial charge in [0, 0.05) is 19.7 Å². The number of anilines is 1. The van der Waals surface area contributed by atoms with Crippen LogP contribution in [-0.2, 0) is 16.6 Å². The lowest BCUT2D eigenvalue weighted by Crippen LogP contribution is -2.64. The fourth-order valence-electron chi connectivity index (χ4n) is 3.54. The van der Waals surface area contributed by atoms with Gasteiger partial charge in [-0.05, 0) is 18.9 Å². The van der Waals surface area contributed by atoms with Crippen molar-refractivity contribution in [2.24, 2.45) is 7.05 Å². The number of amides is 4. The molecular weight excluding hydrogens is 358 g/mol. The number of likely N-dealkylation sites (tertiary alicyclic amines) is 1. The van der Waals surface area contributed by atoms with Gasteiger partial charge in [0.25, 0.3) is 5.91 Å². The maximum atomic E-state index is 12.9. The van der Waals surface area contributed by atoms with E-state index in [1.165, 1.54) is 4.90 Å². The number of urea groups is 1. The lowest BCUT2D eigenvalue weighted by Gasteiger charge is -2.39. The molecule has 0 aliphatic carbocycles. The first-order valence-corrected chi connectivity index (χ1v) is 9.28. The molecule has 0 radical (unpaired) electrons. The summed E-state index contributed by atoms with van der Waals surface area (Å²) in [4.78, 5) is 40.3. The normalized spacial score (nSPS) is 17.1. The Labute approximate surface area is 164 Å². The van der Waals surface area contributed by atoms with Gasteiger partial charge in [0.05, 0.1) is 18.7 Å². The second kappa shape index (κ2) is 7.84. The van der Waals surface area contributed by atoms with Gasteiger partial charge in [0.15, 0.2) is 0 Å². The van der Waals surface area contributed by atoms with Crippen molar-refractivity contribution in [1.29, 1.82) is 0 Å². The SMILES string of the molecule is CC[C@@H](NC(=O)N1C(=O)C[C@H]1C(=O)N(C)c1c(C)cnn1C)c1ccccc1. The predicted octanol–water partition coefficient (Wildman–Crippen LogP) is 2.15. The van der Waals surface area contributed by atoms with Crippen LogP contribution in [0.2, 0.25) is 0 Å². The molecule has 0 spiro atoms. The van der Waals surface area contributed by atoms with E-state index in [0.29, 0.717) is 12.2 Å². The highest BCUT2D eigenvalue weighted by atomic mass is 16.2. The molecule has 1 aromatic carbocycles. The van der Waals surface area contributed by atoms with E-state index in [1.807, 2.05) is 44.2 Å². The van der Waals surface area contributed by atoms with Crippen LogP contribution in [0.1, 0.15) is 36.9 Å². The molecular formula is C20H25N5O3. The fourth-order valence-corrected chi connectivity index (χ4v) is 3.54. The molecule has 1 N–H and O–H groups in total. The number of aryl methyl sites for hydroxylation is 2. The average Bonchev–Trinajstić information content (AvgIpc) is 3.01. The number of rotatable bonds is 5. The van der Waals surface area contributed by atoms with Crippen molar-refractivity contribution in [3.05, 3.63) is 47.7 Å². The molecule has 1 aromatic heterocycles. The number of likely N-dealkylation sites (N-methyl/N-ethyl adjacent to an activating group) is 1. The molecule has 4 amide bonds. The Morgan fingerprint density at radius 1 is 1.32 bits per heavy atom. The Morgan fingerprint density at radius 2 is 2.00 bits per heavy atom. The number of aromatic nitrogens is 2. The van der Waals surface area contributed by atoms with Crippen LogP contribution in [0, 0.1) is 6.92 Å². The Morgan fingerprint density at radius 3 is 2.54 bits per heavy atom. The van der Waals surface area contributed by atoms with Crippen LogP contribution in [0.25, 0.3) is 0 Å². The van der Waals surface area contributed by atoms with E-state index in [0.717, 1.165) is 16.0 Å². The molecule has 148 valence electrons. The largest absolute Gasteiger partial charge is 0.331 e. The highest BCUT2D eigenvalue weighted by Gasteiger charge is 2.47. The van der Waals surface area contributed by atoms with Gasteiger partial charge in [-0.15, -0.1) is 0 Å². The van der Waals surface area contributed by atoms with Crippen molar-refractivity contribution < 1.29 is 14.4 Å². The van der Waals surface area contributed by atoms with Crippen molar-refractivity contribution in [2.45, 2.75) is 38.8 Å². The Hall–Kier alpha value is -3.16. The van der Waals surface area contributed by atoms with Crippen molar-refractivity contribution >= 4 is 23.7 Å². The third-order valence-corrected chi connectivity index (χ3v) is 5.09. The molecule has 0 bridgehead atoms. The Bertz CT molecular complexity index is 873. The first kappa shape index (κ1) is 19.6. The lowest BCUT2D eigenvalue weighted by atomic mass is 10.0. The zero-order valence-electron chi connectivity index (χ0n) is 16.5. The molecule has 2 heterocycles. The zero-order valence-corrected chi connectivity index (χ0v) is 16.5. The first-order chi connectivity index (χ1) is 13.3. The molecule has 0 unspecified atom stereocenters. The number of benzene rings is 1. The maximum absolute atomic E-state index is 12.9. The number of nitrogens with one attached hydrogen (secondary N) is 1. The lowest BCUT2D eigenvalue weighted by molar-refractivity contribution is -0.147. The molecule has 0 saturated carbocycles. The molecule has 8 nitrogen and oxygen atoms in total. The summed E-state index contributed by atoms with van der Waals surface area (Å²) < 4.78 is 1.60. The summed E-state index contributed by atoms with van der Waals surface area (Å²) in [5.74, 6) is -0.0245. The number of hydrogen-bond acceptors (Lipinski definition) is 4. The number of carbonyl (C=O) groups excluding carboxylic acids is 3. The minimum atomic E-state index is -0.805. The van der Waals surface area contributed by atoms with E-state index < -0.39 is 12.1 Å². The van der Waals surface area contributed by atoms with Crippen LogP contribution >= 0.6 is 0 Å². The molecule has 3 rings (SSSR count). The summed E-state index contributed by atoms with van der Waals surface area (Å²) in [5, 5.41) is 7.01. The minimum Gasteiger partial charge on any atom is -0.331 e. The second-order valence-electron chi connectivity index (χ2n) is 6.98. The minimum absolute atomic E-state index is 0.0234. The van der Waals surface area contributed by atoms with Crippen LogP contribution in [-0.4, -0.2) is 45.6 Å². The van der Waals surface area contributed by atoms with Crippen LogP contribution in [0.5, 0.6) is 0 Å². The number of imide groups is 1. The topological polar surface area (TPSA) is 87.5 Å². The molecule has 2 atom stereocenters. The number of carbonyl (C=O) groups is 3. The van der Waals surface area contributed by atoms with Crippen molar-refractivity contribution in [2.75, 3.05) is 11.9 Å². The standard InChI is InChI=1S/C20H25N5O3/c1-5-15(14-9-7-6-8-10-14)22-20(28)25-16(11-17(25)26)19(27)23(3)18-13(2)12-21-24(18)4/h6-10,12,15-16H,5,11H2,1-4H3,(H,22,28)/t15-,16+/m1/s1. The summed E-state index contributed by atoms with van der Waals surface area (Å²) in [6.07, 6.45) is 2.36. The summed E-state index contributed by atoms with van der Waals surface area (Å²) in [6, 6.07) is 7.98. The molecule has 1 saturated heterocycles. The van der Waals surface area contributed by atoms with Gasteiger partial charge in [-0.3, -0.25) is 24.1 Å².